The van der Waals surface area contributed by atoms with Crippen LogP contribution >= 0.6 is 0 Å². The molecule has 0 saturated heterocycles. The highest BCUT2D eigenvalue weighted by Crippen LogP contribution is 2.32. The van der Waals surface area contributed by atoms with E-state index in [4.69, 9.17) is 0 Å². The van der Waals surface area contributed by atoms with Gasteiger partial charge in [0.2, 0.25) is 0 Å². The number of halogens is 3. The molecule has 98 valence electrons. The first-order valence-electron chi connectivity index (χ1n) is 5.46. The number of benzene rings is 1. The van der Waals surface area contributed by atoms with Crippen molar-refractivity contribution in [2.45, 2.75) is 12.6 Å². The molecular weight excluding hydrogens is 243 g/mol. The summed E-state index contributed by atoms with van der Waals surface area (Å²) >= 11 is 0. The molecule has 0 aliphatic rings. The van der Waals surface area contributed by atoms with Crippen LogP contribution in [0.2, 0.25) is 0 Å². The fourth-order valence-electron chi connectivity index (χ4n) is 1.47. The molecule has 1 N–H and O–H groups in total. The fraction of sp³-hybridized carbons (Fsp3) is 0.308. The smallest absolute Gasteiger partial charge is 0.319 e. The Morgan fingerprint density at radius 1 is 1.33 bits per heavy atom. The lowest BCUT2D eigenvalue weighted by molar-refractivity contribution is -0.137. The SMILES string of the molecule is CNCCC=Cc1ccc(C=O)c(C(F)(F)F)c1. The van der Waals surface area contributed by atoms with Gasteiger partial charge in [0.05, 0.1) is 5.56 Å². The number of alkyl halides is 3. The Morgan fingerprint density at radius 3 is 2.61 bits per heavy atom. The van der Waals surface area contributed by atoms with Crippen LogP contribution < -0.4 is 5.32 Å². The fourth-order valence-corrected chi connectivity index (χ4v) is 1.47. The van der Waals surface area contributed by atoms with Crippen molar-refractivity contribution in [2.24, 2.45) is 0 Å². The predicted octanol–water partition coefficient (Wildman–Crippen LogP) is 3.14. The number of hydrogen-bond donors (Lipinski definition) is 1. The van der Waals surface area contributed by atoms with Crippen LogP contribution in [0.1, 0.15) is 27.9 Å². The maximum atomic E-state index is 12.7. The third-order valence-corrected chi connectivity index (χ3v) is 2.38. The summed E-state index contributed by atoms with van der Waals surface area (Å²) in [4.78, 5) is 10.6. The number of hydrogen-bond acceptors (Lipinski definition) is 2. The van der Waals surface area contributed by atoms with E-state index >= 15 is 0 Å². The Kier molecular flexibility index (Phi) is 5.09. The lowest BCUT2D eigenvalue weighted by Crippen LogP contribution is -2.09. The molecule has 1 aromatic carbocycles. The third-order valence-electron chi connectivity index (χ3n) is 2.38. The van der Waals surface area contributed by atoms with E-state index in [-0.39, 0.29) is 11.8 Å². The Balaban J connectivity index is 2.96. The van der Waals surface area contributed by atoms with E-state index in [9.17, 15) is 18.0 Å². The molecule has 0 fully saturated rings. The zero-order valence-corrected chi connectivity index (χ0v) is 9.92. The number of carbonyl (C=O) groups excluding carboxylic acids is 1. The zero-order valence-electron chi connectivity index (χ0n) is 9.92. The van der Waals surface area contributed by atoms with Crippen molar-refractivity contribution < 1.29 is 18.0 Å². The van der Waals surface area contributed by atoms with Gasteiger partial charge in [0.25, 0.3) is 0 Å². The molecular formula is C13H14F3NO. The van der Waals surface area contributed by atoms with Crippen LogP contribution in [0.25, 0.3) is 6.08 Å². The first-order valence-corrected chi connectivity index (χ1v) is 5.46. The van der Waals surface area contributed by atoms with Crippen LogP contribution in [-0.2, 0) is 6.18 Å². The standard InChI is InChI=1S/C13H14F3NO/c1-17-7-3-2-4-10-5-6-11(9-18)12(8-10)13(14,15)16/h2,4-6,8-9,17H,3,7H2,1H3. The van der Waals surface area contributed by atoms with Crippen LogP contribution in [0.4, 0.5) is 13.2 Å². The molecule has 0 aromatic heterocycles. The van der Waals surface area contributed by atoms with Crippen molar-refractivity contribution in [3.8, 4) is 0 Å². The molecule has 5 heteroatoms. The molecule has 1 rings (SSSR count). The molecule has 0 aliphatic carbocycles. The van der Waals surface area contributed by atoms with E-state index in [1.807, 2.05) is 0 Å². The molecule has 1 aromatic rings. The Labute approximate surface area is 104 Å². The summed E-state index contributed by atoms with van der Waals surface area (Å²) in [5.74, 6) is 0. The van der Waals surface area contributed by atoms with Gasteiger partial charge < -0.3 is 5.32 Å². The molecule has 0 atom stereocenters. The molecule has 18 heavy (non-hydrogen) atoms. The van der Waals surface area contributed by atoms with Crippen LogP contribution in [0.15, 0.2) is 24.3 Å². The van der Waals surface area contributed by atoms with Crippen molar-refractivity contribution in [1.29, 1.82) is 0 Å². The van der Waals surface area contributed by atoms with Crippen LogP contribution in [0.3, 0.4) is 0 Å². The lowest BCUT2D eigenvalue weighted by Gasteiger charge is -2.09. The summed E-state index contributed by atoms with van der Waals surface area (Å²) in [6.45, 7) is 0.759. The van der Waals surface area contributed by atoms with Gasteiger partial charge in [-0.25, -0.2) is 0 Å². The average Bonchev–Trinajstić information content (AvgIpc) is 2.33. The molecule has 0 radical (unpaired) electrons. The van der Waals surface area contributed by atoms with Crippen molar-refractivity contribution in [1.82, 2.24) is 5.32 Å². The Hall–Kier alpha value is -1.62. The minimum Gasteiger partial charge on any atom is -0.319 e. The lowest BCUT2D eigenvalue weighted by atomic mass is 10.0. The van der Waals surface area contributed by atoms with Crippen molar-refractivity contribution in [2.75, 3.05) is 13.6 Å². The molecule has 0 unspecified atom stereocenters. The molecule has 2 nitrogen and oxygen atoms in total. The van der Waals surface area contributed by atoms with E-state index in [0.717, 1.165) is 19.0 Å². The van der Waals surface area contributed by atoms with Gasteiger partial charge in [-0.2, -0.15) is 13.2 Å². The van der Waals surface area contributed by atoms with Crippen molar-refractivity contribution >= 4 is 12.4 Å². The van der Waals surface area contributed by atoms with E-state index in [0.29, 0.717) is 5.56 Å². The summed E-state index contributed by atoms with van der Waals surface area (Å²) in [5, 5.41) is 2.93. The molecule has 0 aliphatic heterocycles. The normalized spacial score (nSPS) is 12.0. The van der Waals surface area contributed by atoms with Crippen LogP contribution in [0.5, 0.6) is 0 Å². The minimum absolute atomic E-state index is 0.220. The first kappa shape index (κ1) is 14.4. The summed E-state index contributed by atoms with van der Waals surface area (Å²) < 4.78 is 38.0. The topological polar surface area (TPSA) is 29.1 Å². The highest BCUT2D eigenvalue weighted by atomic mass is 19.4. The van der Waals surface area contributed by atoms with Crippen LogP contribution in [-0.4, -0.2) is 19.9 Å². The van der Waals surface area contributed by atoms with E-state index in [1.54, 1.807) is 19.2 Å². The van der Waals surface area contributed by atoms with Gasteiger partial charge in [-0.1, -0.05) is 24.3 Å². The second kappa shape index (κ2) is 6.35. The quantitative estimate of drug-likeness (QED) is 0.648. The van der Waals surface area contributed by atoms with Gasteiger partial charge >= 0.3 is 6.18 Å². The van der Waals surface area contributed by atoms with Gasteiger partial charge in [-0.3, -0.25) is 4.79 Å². The number of carbonyl (C=O) groups is 1. The Morgan fingerprint density at radius 2 is 2.06 bits per heavy atom. The van der Waals surface area contributed by atoms with Crippen molar-refractivity contribution in [3.63, 3.8) is 0 Å². The van der Waals surface area contributed by atoms with Gasteiger partial charge in [0.1, 0.15) is 0 Å². The number of aldehydes is 1. The highest BCUT2D eigenvalue weighted by molar-refractivity contribution is 5.78. The van der Waals surface area contributed by atoms with E-state index in [2.05, 4.69) is 5.32 Å². The number of nitrogens with one attached hydrogen (secondary N) is 1. The predicted molar refractivity (Wildman–Crippen MR) is 64.4 cm³/mol. The van der Waals surface area contributed by atoms with Gasteiger partial charge in [-0.15, -0.1) is 0 Å². The molecule has 0 heterocycles. The van der Waals surface area contributed by atoms with Gasteiger partial charge in [-0.05, 0) is 31.6 Å². The second-order valence-corrected chi connectivity index (χ2v) is 3.76. The maximum Gasteiger partial charge on any atom is 0.417 e. The highest BCUT2D eigenvalue weighted by Gasteiger charge is 2.33. The van der Waals surface area contributed by atoms with E-state index in [1.165, 1.54) is 12.1 Å². The average molecular weight is 257 g/mol. The molecule has 0 spiro atoms. The largest absolute Gasteiger partial charge is 0.417 e. The zero-order chi connectivity index (χ0) is 13.6. The van der Waals surface area contributed by atoms with Crippen molar-refractivity contribution in [3.05, 3.63) is 41.0 Å². The Bertz CT molecular complexity index is 438. The first-order chi connectivity index (χ1) is 8.49. The molecule has 0 saturated carbocycles. The summed E-state index contributed by atoms with van der Waals surface area (Å²) in [5.41, 5.74) is -0.799. The maximum absolute atomic E-state index is 12.7. The monoisotopic (exact) mass is 257 g/mol. The molecule has 0 bridgehead atoms. The van der Waals surface area contributed by atoms with Gasteiger partial charge in [0.15, 0.2) is 6.29 Å². The summed E-state index contributed by atoms with van der Waals surface area (Å²) in [6, 6.07) is 3.67. The van der Waals surface area contributed by atoms with Crippen LogP contribution in [0, 0.1) is 0 Å². The minimum atomic E-state index is -4.51. The third kappa shape index (κ3) is 4.00. The second-order valence-electron chi connectivity index (χ2n) is 3.76. The molecule has 0 amide bonds. The summed E-state index contributed by atoms with van der Waals surface area (Å²) in [7, 11) is 1.80. The summed E-state index contributed by atoms with van der Waals surface area (Å²) in [6.07, 6.45) is -0.163. The van der Waals surface area contributed by atoms with E-state index < -0.39 is 11.7 Å². The van der Waals surface area contributed by atoms with Gasteiger partial charge in [0, 0.05) is 5.56 Å². The number of rotatable bonds is 5.